The number of nitrogen functional groups attached to an aromatic ring is 1. The van der Waals surface area contributed by atoms with Gasteiger partial charge >= 0.3 is 0 Å². The highest BCUT2D eigenvalue weighted by Crippen LogP contribution is 2.22. The Morgan fingerprint density at radius 2 is 2.06 bits per heavy atom. The van der Waals surface area contributed by atoms with E-state index in [0.29, 0.717) is 24.1 Å². The summed E-state index contributed by atoms with van der Waals surface area (Å²) < 4.78 is 5.54. The molecule has 1 heterocycles. The number of rotatable bonds is 4. The summed E-state index contributed by atoms with van der Waals surface area (Å²) in [6.45, 7) is 12.5. The van der Waals surface area contributed by atoms with Crippen LogP contribution in [-0.2, 0) is 5.41 Å². The molecule has 1 aromatic rings. The minimum Gasteiger partial charge on any atom is -0.477 e. The van der Waals surface area contributed by atoms with E-state index in [-0.39, 0.29) is 5.41 Å². The average molecular weight is 235 g/mol. The van der Waals surface area contributed by atoms with Crippen LogP contribution in [0.25, 0.3) is 0 Å². The van der Waals surface area contributed by atoms with Gasteiger partial charge in [-0.3, -0.25) is 0 Å². The Bertz CT molecular complexity index is 408. The zero-order valence-corrected chi connectivity index (χ0v) is 11.1. The monoisotopic (exact) mass is 235 g/mol. The van der Waals surface area contributed by atoms with E-state index >= 15 is 0 Å². The standard InChI is InChI=1S/C13H21N3O/c1-9(2)6-7-17-11-8-10(14)15-12(16-11)13(3,4)5/h8H,1,6-7H2,2-5H3,(H2,14,15,16). The largest absolute Gasteiger partial charge is 0.477 e. The Hall–Kier alpha value is -1.58. The van der Waals surface area contributed by atoms with E-state index in [4.69, 9.17) is 10.5 Å². The quantitative estimate of drug-likeness (QED) is 0.815. The van der Waals surface area contributed by atoms with E-state index in [1.165, 1.54) is 0 Å². The molecule has 0 saturated carbocycles. The van der Waals surface area contributed by atoms with Gasteiger partial charge in [0.1, 0.15) is 11.6 Å². The number of aromatic nitrogens is 2. The molecule has 4 nitrogen and oxygen atoms in total. The van der Waals surface area contributed by atoms with Gasteiger partial charge in [0.05, 0.1) is 6.61 Å². The molecule has 2 N–H and O–H groups in total. The molecule has 1 rings (SSSR count). The van der Waals surface area contributed by atoms with E-state index in [1.54, 1.807) is 6.07 Å². The molecule has 1 aromatic heterocycles. The van der Waals surface area contributed by atoms with Crippen molar-refractivity contribution >= 4 is 5.82 Å². The Morgan fingerprint density at radius 1 is 1.41 bits per heavy atom. The van der Waals surface area contributed by atoms with Crippen molar-refractivity contribution in [2.45, 2.75) is 39.5 Å². The zero-order valence-electron chi connectivity index (χ0n) is 11.1. The number of nitrogens with zero attached hydrogens (tertiary/aromatic N) is 2. The molecular weight excluding hydrogens is 214 g/mol. The van der Waals surface area contributed by atoms with Gasteiger partial charge in [0.2, 0.25) is 5.88 Å². The molecule has 94 valence electrons. The summed E-state index contributed by atoms with van der Waals surface area (Å²) in [7, 11) is 0. The first-order valence-electron chi connectivity index (χ1n) is 5.71. The second kappa shape index (κ2) is 5.17. The fraction of sp³-hybridized carbons (Fsp3) is 0.538. The fourth-order valence-electron chi connectivity index (χ4n) is 1.18. The fourth-order valence-corrected chi connectivity index (χ4v) is 1.18. The highest BCUT2D eigenvalue weighted by molar-refractivity contribution is 5.34. The summed E-state index contributed by atoms with van der Waals surface area (Å²) in [4.78, 5) is 8.58. The Kier molecular flexibility index (Phi) is 4.10. The van der Waals surface area contributed by atoms with Crippen LogP contribution in [0.15, 0.2) is 18.2 Å². The predicted octanol–water partition coefficient (Wildman–Crippen LogP) is 2.70. The topological polar surface area (TPSA) is 61.0 Å². The van der Waals surface area contributed by atoms with Gasteiger partial charge < -0.3 is 10.5 Å². The molecule has 0 atom stereocenters. The van der Waals surface area contributed by atoms with Crippen LogP contribution in [0.3, 0.4) is 0 Å². The maximum absolute atomic E-state index is 5.74. The minimum atomic E-state index is -0.137. The SMILES string of the molecule is C=C(C)CCOc1cc(N)nc(C(C)(C)C)n1. The van der Waals surface area contributed by atoms with Crippen molar-refractivity contribution < 1.29 is 4.74 Å². The van der Waals surface area contributed by atoms with Crippen LogP contribution < -0.4 is 10.5 Å². The van der Waals surface area contributed by atoms with Crippen molar-refractivity contribution in [1.82, 2.24) is 9.97 Å². The van der Waals surface area contributed by atoms with Crippen molar-refractivity contribution in [3.8, 4) is 5.88 Å². The lowest BCUT2D eigenvalue weighted by atomic mass is 9.96. The summed E-state index contributed by atoms with van der Waals surface area (Å²) in [5.74, 6) is 1.67. The lowest BCUT2D eigenvalue weighted by Crippen LogP contribution is -2.17. The van der Waals surface area contributed by atoms with Crippen molar-refractivity contribution in [2.75, 3.05) is 12.3 Å². The molecule has 0 aliphatic rings. The van der Waals surface area contributed by atoms with Crippen molar-refractivity contribution in [3.63, 3.8) is 0 Å². The van der Waals surface area contributed by atoms with E-state index < -0.39 is 0 Å². The van der Waals surface area contributed by atoms with Gasteiger partial charge in [0, 0.05) is 17.9 Å². The Morgan fingerprint density at radius 3 is 2.59 bits per heavy atom. The normalized spacial score (nSPS) is 11.3. The van der Waals surface area contributed by atoms with Crippen LogP contribution in [0.4, 0.5) is 5.82 Å². The van der Waals surface area contributed by atoms with Crippen LogP contribution in [0.2, 0.25) is 0 Å². The number of hydrogen-bond acceptors (Lipinski definition) is 4. The first-order valence-corrected chi connectivity index (χ1v) is 5.71. The highest BCUT2D eigenvalue weighted by atomic mass is 16.5. The second-order valence-electron chi connectivity index (χ2n) is 5.26. The maximum atomic E-state index is 5.74. The second-order valence-corrected chi connectivity index (χ2v) is 5.26. The van der Waals surface area contributed by atoms with E-state index in [1.807, 2.05) is 27.7 Å². The van der Waals surface area contributed by atoms with Crippen LogP contribution in [-0.4, -0.2) is 16.6 Å². The lowest BCUT2D eigenvalue weighted by molar-refractivity contribution is 0.305. The van der Waals surface area contributed by atoms with Crippen molar-refractivity contribution in [2.24, 2.45) is 0 Å². The van der Waals surface area contributed by atoms with Gasteiger partial charge in [0.25, 0.3) is 0 Å². The van der Waals surface area contributed by atoms with Crippen molar-refractivity contribution in [1.29, 1.82) is 0 Å². The van der Waals surface area contributed by atoms with Gasteiger partial charge in [-0.25, -0.2) is 4.98 Å². The Balaban J connectivity index is 2.79. The molecule has 0 aromatic carbocycles. The molecule has 17 heavy (non-hydrogen) atoms. The van der Waals surface area contributed by atoms with Crippen LogP contribution >= 0.6 is 0 Å². The third kappa shape index (κ3) is 4.43. The molecule has 0 bridgehead atoms. The zero-order chi connectivity index (χ0) is 13.1. The first-order chi connectivity index (χ1) is 7.79. The van der Waals surface area contributed by atoms with Crippen LogP contribution in [0.5, 0.6) is 5.88 Å². The van der Waals surface area contributed by atoms with E-state index in [0.717, 1.165) is 12.0 Å². The summed E-state index contributed by atoms with van der Waals surface area (Å²) in [5, 5.41) is 0. The molecule has 0 saturated heterocycles. The summed E-state index contributed by atoms with van der Waals surface area (Å²) in [6, 6.07) is 1.65. The minimum absolute atomic E-state index is 0.137. The molecule has 4 heteroatoms. The Labute approximate surface area is 103 Å². The van der Waals surface area contributed by atoms with E-state index in [9.17, 15) is 0 Å². The molecule has 0 unspecified atom stereocenters. The maximum Gasteiger partial charge on any atom is 0.218 e. The smallest absolute Gasteiger partial charge is 0.218 e. The molecule has 0 aliphatic carbocycles. The molecule has 0 radical (unpaired) electrons. The average Bonchev–Trinajstić information content (AvgIpc) is 2.14. The predicted molar refractivity (Wildman–Crippen MR) is 70.1 cm³/mol. The van der Waals surface area contributed by atoms with Crippen molar-refractivity contribution in [3.05, 3.63) is 24.0 Å². The summed E-state index contributed by atoms with van der Waals surface area (Å²) >= 11 is 0. The number of anilines is 1. The van der Waals surface area contributed by atoms with Gasteiger partial charge in [-0.1, -0.05) is 26.3 Å². The third-order valence-corrected chi connectivity index (χ3v) is 2.17. The molecule has 0 spiro atoms. The molecule has 0 amide bonds. The molecular formula is C13H21N3O. The lowest BCUT2D eigenvalue weighted by Gasteiger charge is -2.17. The number of ether oxygens (including phenoxy) is 1. The van der Waals surface area contributed by atoms with Gasteiger partial charge in [-0.2, -0.15) is 4.98 Å². The first kappa shape index (κ1) is 13.5. The number of hydrogen-bond donors (Lipinski definition) is 1. The third-order valence-electron chi connectivity index (χ3n) is 2.17. The van der Waals surface area contributed by atoms with Crippen LogP contribution in [0.1, 0.15) is 39.9 Å². The summed E-state index contributed by atoms with van der Waals surface area (Å²) in [6.07, 6.45) is 0.814. The van der Waals surface area contributed by atoms with Crippen LogP contribution in [0, 0.1) is 0 Å². The number of nitrogens with two attached hydrogens (primary N) is 1. The van der Waals surface area contributed by atoms with Gasteiger partial charge in [-0.05, 0) is 6.92 Å². The molecule has 0 fully saturated rings. The van der Waals surface area contributed by atoms with Gasteiger partial charge in [-0.15, -0.1) is 6.58 Å². The highest BCUT2D eigenvalue weighted by Gasteiger charge is 2.18. The molecule has 0 aliphatic heterocycles. The van der Waals surface area contributed by atoms with Gasteiger partial charge in [0.15, 0.2) is 0 Å². The summed E-state index contributed by atoms with van der Waals surface area (Å²) in [5.41, 5.74) is 6.69. The van der Waals surface area contributed by atoms with E-state index in [2.05, 4.69) is 16.5 Å².